The normalized spacial score (nSPS) is 14.9. The van der Waals surface area contributed by atoms with Crippen molar-refractivity contribution in [1.82, 2.24) is 14.2 Å². The highest BCUT2D eigenvalue weighted by Gasteiger charge is 2.35. The lowest BCUT2D eigenvalue weighted by molar-refractivity contribution is -0.123. The summed E-state index contributed by atoms with van der Waals surface area (Å²) in [7, 11) is 1.52. The molecule has 0 atom stereocenters. The van der Waals surface area contributed by atoms with Gasteiger partial charge in [-0.2, -0.15) is 5.06 Å². The van der Waals surface area contributed by atoms with E-state index in [0.29, 0.717) is 18.0 Å². The van der Waals surface area contributed by atoms with Crippen molar-refractivity contribution >= 4 is 27.8 Å². The fourth-order valence-corrected chi connectivity index (χ4v) is 4.40. The van der Waals surface area contributed by atoms with Crippen LogP contribution in [0.15, 0.2) is 59.3 Å². The number of hydrogen-bond donors (Lipinski definition) is 0. The number of hydrogen-bond acceptors (Lipinski definition) is 6. The minimum absolute atomic E-state index is 0.00681. The third-order valence-corrected chi connectivity index (χ3v) is 6.52. The molecule has 0 unspecified atom stereocenters. The lowest BCUT2D eigenvalue weighted by Crippen LogP contribution is -2.41. The van der Waals surface area contributed by atoms with E-state index >= 15 is 0 Å². The van der Waals surface area contributed by atoms with E-state index in [9.17, 15) is 13.2 Å². The van der Waals surface area contributed by atoms with Crippen LogP contribution in [-0.4, -0.2) is 62.8 Å². The van der Waals surface area contributed by atoms with Crippen molar-refractivity contribution in [3.63, 3.8) is 0 Å². The first kappa shape index (κ1) is 21.9. The van der Waals surface area contributed by atoms with E-state index in [1.165, 1.54) is 13.1 Å². The fraction of sp³-hybridized carbons (Fsp3) is 0.333. The average molecular weight is 431 g/mol. The molecule has 1 aliphatic heterocycles. The lowest BCUT2D eigenvalue weighted by Gasteiger charge is -2.30. The molecule has 160 valence electrons. The summed E-state index contributed by atoms with van der Waals surface area (Å²) in [6, 6.07) is 11.7. The van der Waals surface area contributed by atoms with Crippen molar-refractivity contribution in [1.29, 1.82) is 0 Å². The molecule has 2 aromatic rings. The fourth-order valence-electron chi connectivity index (χ4n) is 3.04. The second-order valence-electron chi connectivity index (χ2n) is 7.17. The van der Waals surface area contributed by atoms with Gasteiger partial charge in [0, 0.05) is 13.2 Å². The smallest absolute Gasteiger partial charge is 0.300 e. The molecule has 30 heavy (non-hydrogen) atoms. The minimum atomic E-state index is -3.83. The molecule has 1 aromatic heterocycles. The van der Waals surface area contributed by atoms with Gasteiger partial charge in [-0.25, -0.2) is 13.4 Å². The molecule has 8 nitrogen and oxygen atoms in total. The second-order valence-corrected chi connectivity index (χ2v) is 9.11. The van der Waals surface area contributed by atoms with Gasteiger partial charge >= 0.3 is 5.91 Å². The second kappa shape index (κ2) is 9.38. The number of carbonyl (C=O) groups excluding carboxylic acids is 1. The predicted molar refractivity (Wildman–Crippen MR) is 115 cm³/mol. The number of sulfonamides is 1. The number of amides is 1. The van der Waals surface area contributed by atoms with Crippen molar-refractivity contribution < 1.29 is 18.0 Å². The van der Waals surface area contributed by atoms with Crippen molar-refractivity contribution in [3.8, 4) is 0 Å². The molecular formula is C21H26N4O4S. The van der Waals surface area contributed by atoms with E-state index in [4.69, 9.17) is 4.84 Å². The number of unbranched alkanes of at least 4 members (excludes halogenated alkanes) is 1. The summed E-state index contributed by atoms with van der Waals surface area (Å²) in [4.78, 5) is 25.6. The highest BCUT2D eigenvalue weighted by Crippen LogP contribution is 2.31. The summed E-state index contributed by atoms with van der Waals surface area (Å²) < 4.78 is 26.8. The Labute approximate surface area is 177 Å². The van der Waals surface area contributed by atoms with E-state index in [2.05, 4.69) is 9.88 Å². The van der Waals surface area contributed by atoms with Gasteiger partial charge in [0.25, 0.3) is 10.0 Å². The predicted octanol–water partition coefficient (Wildman–Crippen LogP) is 2.36. The molecule has 3 rings (SSSR count). The standard InChI is InChI=1S/C21H26N4O4S/c1-23(2)14-8-9-15-29-25(20-12-6-7-13-22-20)21(26)18-16-17-10-4-5-11-19(17)30(27,28)24(18)3/h4-7,10-13,16H,8-9,14-15H2,1-3H3. The Morgan fingerprint density at radius 1 is 1.10 bits per heavy atom. The van der Waals surface area contributed by atoms with E-state index in [-0.39, 0.29) is 10.6 Å². The molecular weight excluding hydrogens is 404 g/mol. The first-order valence-corrected chi connectivity index (χ1v) is 11.1. The van der Waals surface area contributed by atoms with Gasteiger partial charge in [0.15, 0.2) is 5.82 Å². The van der Waals surface area contributed by atoms with Crippen LogP contribution in [0, 0.1) is 0 Å². The summed E-state index contributed by atoms with van der Waals surface area (Å²) in [5.74, 6) is -0.303. The maximum Gasteiger partial charge on any atom is 0.300 e. The van der Waals surface area contributed by atoms with E-state index < -0.39 is 15.9 Å². The topological polar surface area (TPSA) is 83.0 Å². The van der Waals surface area contributed by atoms with E-state index in [1.807, 2.05) is 14.1 Å². The Morgan fingerprint density at radius 3 is 2.53 bits per heavy atom. The Kier molecular flexibility index (Phi) is 6.86. The highest BCUT2D eigenvalue weighted by atomic mass is 32.2. The number of pyridine rings is 1. The van der Waals surface area contributed by atoms with Gasteiger partial charge in [0.1, 0.15) is 5.70 Å². The Hall–Kier alpha value is -2.75. The summed E-state index contributed by atoms with van der Waals surface area (Å²) >= 11 is 0. The number of likely N-dealkylation sites (N-methyl/N-ethyl adjacent to an activating group) is 1. The average Bonchev–Trinajstić information content (AvgIpc) is 2.73. The molecule has 0 N–H and O–H groups in total. The largest absolute Gasteiger partial charge is 0.309 e. The van der Waals surface area contributed by atoms with Crippen molar-refractivity contribution in [2.45, 2.75) is 17.7 Å². The molecule has 9 heteroatoms. The number of benzene rings is 1. The lowest BCUT2D eigenvalue weighted by atomic mass is 10.2. The highest BCUT2D eigenvalue weighted by molar-refractivity contribution is 7.89. The van der Waals surface area contributed by atoms with Gasteiger partial charge in [0.05, 0.1) is 11.5 Å². The van der Waals surface area contributed by atoms with Gasteiger partial charge in [-0.15, -0.1) is 0 Å². The third kappa shape index (κ3) is 4.69. The zero-order valence-electron chi connectivity index (χ0n) is 17.4. The molecule has 1 aliphatic rings. The number of nitrogens with zero attached hydrogens (tertiary/aromatic N) is 4. The Balaban J connectivity index is 1.88. The maximum absolute atomic E-state index is 13.4. The minimum Gasteiger partial charge on any atom is -0.309 e. The molecule has 1 amide bonds. The van der Waals surface area contributed by atoms with Crippen molar-refractivity contribution in [3.05, 3.63) is 59.9 Å². The van der Waals surface area contributed by atoms with Gasteiger partial charge in [-0.1, -0.05) is 24.3 Å². The van der Waals surface area contributed by atoms with E-state index in [0.717, 1.165) is 28.8 Å². The summed E-state index contributed by atoms with van der Waals surface area (Å²) in [5, 5.41) is 1.07. The quantitative estimate of drug-likeness (QED) is 0.472. The molecule has 0 bridgehead atoms. The van der Waals surface area contributed by atoms with Gasteiger partial charge in [-0.05, 0) is 63.3 Å². The molecule has 0 saturated carbocycles. The molecule has 1 aromatic carbocycles. The number of rotatable bonds is 8. The molecule has 2 heterocycles. The van der Waals surface area contributed by atoms with Crippen LogP contribution in [0.2, 0.25) is 0 Å². The summed E-state index contributed by atoms with van der Waals surface area (Å²) in [6.07, 6.45) is 4.76. The van der Waals surface area contributed by atoms with Crippen LogP contribution in [0.3, 0.4) is 0 Å². The van der Waals surface area contributed by atoms with Crippen LogP contribution in [0.5, 0.6) is 0 Å². The van der Waals surface area contributed by atoms with Gasteiger partial charge in [0.2, 0.25) is 0 Å². The number of aromatic nitrogens is 1. The monoisotopic (exact) mass is 430 g/mol. The number of carbonyl (C=O) groups is 1. The van der Waals surface area contributed by atoms with Gasteiger partial charge < -0.3 is 4.90 Å². The molecule has 0 saturated heterocycles. The van der Waals surface area contributed by atoms with Crippen molar-refractivity contribution in [2.24, 2.45) is 0 Å². The molecule has 0 spiro atoms. The SMILES string of the molecule is CN(C)CCCCON(C(=O)C1=Cc2ccccc2S(=O)(=O)N1C)c1ccccn1. The number of anilines is 1. The Morgan fingerprint density at radius 2 is 1.83 bits per heavy atom. The van der Waals surface area contributed by atoms with Crippen molar-refractivity contribution in [2.75, 3.05) is 39.4 Å². The number of hydroxylamine groups is 1. The van der Waals surface area contributed by atoms with Crippen LogP contribution in [0.4, 0.5) is 5.82 Å². The summed E-state index contributed by atoms with van der Waals surface area (Å²) in [5.41, 5.74) is 0.457. The zero-order valence-corrected chi connectivity index (χ0v) is 18.2. The zero-order chi connectivity index (χ0) is 21.7. The molecule has 0 fully saturated rings. The van der Waals surface area contributed by atoms with Crippen LogP contribution < -0.4 is 5.06 Å². The van der Waals surface area contributed by atoms with E-state index in [1.54, 1.807) is 48.7 Å². The van der Waals surface area contributed by atoms with Crippen LogP contribution >= 0.6 is 0 Å². The first-order valence-electron chi connectivity index (χ1n) is 9.65. The maximum atomic E-state index is 13.4. The first-order chi connectivity index (χ1) is 14.3. The molecule has 0 aliphatic carbocycles. The number of fused-ring (bicyclic) bond motifs is 1. The van der Waals surface area contributed by atoms with Crippen LogP contribution in [-0.2, 0) is 19.7 Å². The van der Waals surface area contributed by atoms with Crippen LogP contribution in [0.25, 0.3) is 6.08 Å². The summed E-state index contributed by atoms with van der Waals surface area (Å²) in [6.45, 7) is 1.21. The molecule has 0 radical (unpaired) electrons. The van der Waals surface area contributed by atoms with Gasteiger partial charge in [-0.3, -0.25) is 13.9 Å². The Bertz CT molecular complexity index is 1020. The third-order valence-electron chi connectivity index (χ3n) is 4.67. The van der Waals surface area contributed by atoms with Crippen LogP contribution in [0.1, 0.15) is 18.4 Å².